The molecule has 1 atom stereocenters. The molecule has 2 aromatic carbocycles. The molecule has 0 bridgehead atoms. The van der Waals surface area contributed by atoms with E-state index in [0.29, 0.717) is 19.8 Å². The average molecular weight is 436 g/mol. The molecule has 0 aliphatic carbocycles. The summed E-state index contributed by atoms with van der Waals surface area (Å²) in [6.07, 6.45) is 2.78. The van der Waals surface area contributed by atoms with Crippen LogP contribution in [0.1, 0.15) is 35.6 Å². The predicted molar refractivity (Wildman–Crippen MR) is 126 cm³/mol. The number of aryl methyl sites for hydroxylation is 2. The summed E-state index contributed by atoms with van der Waals surface area (Å²) in [6.45, 7) is 8.90. The number of benzene rings is 2. The highest BCUT2D eigenvalue weighted by Gasteiger charge is 2.37. The summed E-state index contributed by atoms with van der Waals surface area (Å²) in [7, 11) is 0. The van der Waals surface area contributed by atoms with Gasteiger partial charge in [0.1, 0.15) is 5.60 Å². The molecule has 2 fully saturated rings. The van der Waals surface area contributed by atoms with Gasteiger partial charge in [-0.3, -0.25) is 4.57 Å². The van der Waals surface area contributed by atoms with E-state index in [4.69, 9.17) is 9.47 Å². The van der Waals surface area contributed by atoms with Gasteiger partial charge in [-0.15, -0.1) is 0 Å². The summed E-state index contributed by atoms with van der Waals surface area (Å²) in [4.78, 5) is 18.3. The Hall–Kier alpha value is -2.41. The van der Waals surface area contributed by atoms with Crippen LogP contribution in [-0.4, -0.2) is 59.5 Å². The Labute approximate surface area is 189 Å². The van der Waals surface area contributed by atoms with Crippen LogP contribution in [0.2, 0.25) is 0 Å². The minimum Gasteiger partial charge on any atom is -0.376 e. The van der Waals surface area contributed by atoms with Gasteiger partial charge in [0.2, 0.25) is 0 Å². The van der Waals surface area contributed by atoms with Crippen LogP contribution in [0.15, 0.2) is 47.3 Å². The summed E-state index contributed by atoms with van der Waals surface area (Å²) < 4.78 is 14.2. The van der Waals surface area contributed by atoms with Gasteiger partial charge in [0, 0.05) is 32.1 Å². The lowest BCUT2D eigenvalue weighted by Gasteiger charge is -2.43. The van der Waals surface area contributed by atoms with E-state index in [-0.39, 0.29) is 17.3 Å². The fourth-order valence-corrected chi connectivity index (χ4v) is 5.32. The maximum atomic E-state index is 12.8. The Morgan fingerprint density at radius 3 is 2.53 bits per heavy atom. The molecule has 0 saturated carbocycles. The topological polar surface area (TPSA) is 59.5 Å². The third-order valence-corrected chi connectivity index (χ3v) is 7.14. The van der Waals surface area contributed by atoms with Crippen LogP contribution in [0.25, 0.3) is 11.0 Å². The maximum absolute atomic E-state index is 12.8. The monoisotopic (exact) mass is 435 g/mol. The van der Waals surface area contributed by atoms with Crippen molar-refractivity contribution in [3.05, 3.63) is 69.6 Å². The number of hydrogen-bond donors (Lipinski definition) is 1. The van der Waals surface area contributed by atoms with E-state index in [9.17, 15) is 4.79 Å². The molecular formula is C26H33N3O3. The Balaban J connectivity index is 1.30. The van der Waals surface area contributed by atoms with E-state index in [1.807, 2.05) is 4.57 Å². The molecule has 2 aliphatic heterocycles. The van der Waals surface area contributed by atoms with Gasteiger partial charge in [0.15, 0.2) is 0 Å². The minimum absolute atomic E-state index is 0.00742. The lowest BCUT2D eigenvalue weighted by Crippen LogP contribution is -2.54. The van der Waals surface area contributed by atoms with Crippen molar-refractivity contribution in [3.63, 3.8) is 0 Å². The molecule has 3 aromatic rings. The Morgan fingerprint density at radius 2 is 1.81 bits per heavy atom. The van der Waals surface area contributed by atoms with Crippen LogP contribution in [0, 0.1) is 13.8 Å². The van der Waals surface area contributed by atoms with Crippen molar-refractivity contribution in [1.29, 1.82) is 0 Å². The Morgan fingerprint density at radius 1 is 1.06 bits per heavy atom. The SMILES string of the molecule is Cc1cc2[nH]c(=O)n(C3CCN(CC4(Cc5ccccc5)COCCO4)CC3)c2cc1C. The quantitative estimate of drug-likeness (QED) is 0.665. The number of hydrogen-bond acceptors (Lipinski definition) is 4. The fraction of sp³-hybridized carbons (Fsp3) is 0.500. The molecule has 5 rings (SSSR count). The number of fused-ring (bicyclic) bond motifs is 1. The van der Waals surface area contributed by atoms with Crippen molar-refractivity contribution in [3.8, 4) is 0 Å². The second-order valence-electron chi connectivity index (χ2n) is 9.51. The van der Waals surface area contributed by atoms with Crippen LogP contribution >= 0.6 is 0 Å². The maximum Gasteiger partial charge on any atom is 0.326 e. The summed E-state index contributed by atoms with van der Waals surface area (Å²) in [5, 5.41) is 0. The molecule has 32 heavy (non-hydrogen) atoms. The number of piperidine rings is 1. The molecule has 1 aromatic heterocycles. The number of aromatic nitrogens is 2. The van der Waals surface area contributed by atoms with E-state index in [1.165, 1.54) is 16.7 Å². The third-order valence-electron chi connectivity index (χ3n) is 7.14. The lowest BCUT2D eigenvalue weighted by atomic mass is 9.92. The molecule has 1 N–H and O–H groups in total. The van der Waals surface area contributed by atoms with Crippen molar-refractivity contribution < 1.29 is 9.47 Å². The summed E-state index contributed by atoms with van der Waals surface area (Å²) in [5.74, 6) is 0. The molecule has 6 heteroatoms. The van der Waals surface area contributed by atoms with E-state index in [1.54, 1.807) is 0 Å². The van der Waals surface area contributed by atoms with E-state index in [2.05, 4.69) is 66.2 Å². The van der Waals surface area contributed by atoms with Crippen molar-refractivity contribution >= 4 is 11.0 Å². The first-order valence-corrected chi connectivity index (χ1v) is 11.7. The van der Waals surface area contributed by atoms with Gasteiger partial charge in [0.25, 0.3) is 0 Å². The summed E-state index contributed by atoms with van der Waals surface area (Å²) >= 11 is 0. The summed E-state index contributed by atoms with van der Waals surface area (Å²) in [6, 6.07) is 15.0. The van der Waals surface area contributed by atoms with Crippen molar-refractivity contribution in [2.45, 2.75) is 44.8 Å². The molecular weight excluding hydrogens is 402 g/mol. The number of H-pyrrole nitrogens is 1. The third kappa shape index (κ3) is 4.27. The van der Waals surface area contributed by atoms with Crippen LogP contribution < -0.4 is 5.69 Å². The van der Waals surface area contributed by atoms with Gasteiger partial charge in [-0.1, -0.05) is 30.3 Å². The van der Waals surface area contributed by atoms with Crippen LogP contribution in [0.4, 0.5) is 0 Å². The minimum atomic E-state index is -0.307. The first-order valence-electron chi connectivity index (χ1n) is 11.7. The normalized spacial score (nSPS) is 23.1. The zero-order chi connectivity index (χ0) is 22.1. The van der Waals surface area contributed by atoms with Crippen LogP contribution in [-0.2, 0) is 15.9 Å². The molecule has 3 heterocycles. The van der Waals surface area contributed by atoms with Crippen LogP contribution in [0.5, 0.6) is 0 Å². The van der Waals surface area contributed by atoms with Crippen molar-refractivity contribution in [2.24, 2.45) is 0 Å². The molecule has 0 spiro atoms. The second kappa shape index (κ2) is 8.85. The highest BCUT2D eigenvalue weighted by atomic mass is 16.6. The van der Waals surface area contributed by atoms with Crippen molar-refractivity contribution in [2.75, 3.05) is 39.5 Å². The molecule has 6 nitrogen and oxygen atoms in total. The number of ether oxygens (including phenoxy) is 2. The smallest absolute Gasteiger partial charge is 0.326 e. The molecule has 170 valence electrons. The van der Waals surface area contributed by atoms with Gasteiger partial charge < -0.3 is 19.4 Å². The lowest BCUT2D eigenvalue weighted by molar-refractivity contribution is -0.167. The Kier molecular flexibility index (Phi) is 5.93. The van der Waals surface area contributed by atoms with Gasteiger partial charge in [-0.2, -0.15) is 0 Å². The standard InChI is InChI=1S/C26H33N3O3/c1-19-14-23-24(15-20(19)2)29(25(30)27-23)22-8-10-28(11-9-22)17-26(18-31-12-13-32-26)16-21-6-4-3-5-7-21/h3-7,14-15,22H,8-13,16-18H2,1-2H3,(H,27,30). The number of nitrogens with one attached hydrogen (secondary N) is 1. The van der Waals surface area contributed by atoms with Gasteiger partial charge in [0.05, 0.1) is 30.9 Å². The second-order valence-corrected chi connectivity index (χ2v) is 9.51. The highest BCUT2D eigenvalue weighted by molar-refractivity contribution is 5.77. The molecule has 1 unspecified atom stereocenters. The number of rotatable bonds is 5. The summed E-state index contributed by atoms with van der Waals surface area (Å²) in [5.41, 5.74) is 5.38. The fourth-order valence-electron chi connectivity index (χ4n) is 5.32. The zero-order valence-corrected chi connectivity index (χ0v) is 19.1. The van der Waals surface area contributed by atoms with E-state index < -0.39 is 0 Å². The molecule has 0 amide bonds. The zero-order valence-electron chi connectivity index (χ0n) is 19.1. The first-order chi connectivity index (χ1) is 15.5. The number of nitrogens with zero attached hydrogens (tertiary/aromatic N) is 2. The van der Waals surface area contributed by atoms with Crippen molar-refractivity contribution in [1.82, 2.24) is 14.5 Å². The number of aromatic amines is 1. The van der Waals surface area contributed by atoms with E-state index >= 15 is 0 Å². The molecule has 2 aliphatic rings. The highest BCUT2D eigenvalue weighted by Crippen LogP contribution is 2.29. The van der Waals surface area contributed by atoms with Gasteiger partial charge in [-0.05, 0) is 55.5 Å². The van der Waals surface area contributed by atoms with Crippen LogP contribution in [0.3, 0.4) is 0 Å². The Bertz CT molecular complexity index is 1120. The average Bonchev–Trinajstić information content (AvgIpc) is 3.10. The predicted octanol–water partition coefficient (Wildman–Crippen LogP) is 3.61. The van der Waals surface area contributed by atoms with Gasteiger partial charge >= 0.3 is 5.69 Å². The number of imidazole rings is 1. The van der Waals surface area contributed by atoms with E-state index in [0.717, 1.165) is 49.9 Å². The first kappa shape index (κ1) is 21.4. The largest absolute Gasteiger partial charge is 0.376 e. The molecule has 0 radical (unpaired) electrons. The molecule has 2 saturated heterocycles. The van der Waals surface area contributed by atoms with Gasteiger partial charge in [-0.25, -0.2) is 4.79 Å². The number of likely N-dealkylation sites (tertiary alicyclic amines) is 1.